The first-order valence-corrected chi connectivity index (χ1v) is 4.30. The summed E-state index contributed by atoms with van der Waals surface area (Å²) in [4.78, 5) is 4.04. The van der Waals surface area contributed by atoms with Crippen molar-refractivity contribution in [1.29, 1.82) is 0 Å². The van der Waals surface area contributed by atoms with Crippen molar-refractivity contribution in [1.82, 2.24) is 20.0 Å². The van der Waals surface area contributed by atoms with Gasteiger partial charge in [0.2, 0.25) is 0 Å². The Morgan fingerprint density at radius 3 is 3.00 bits per heavy atom. The van der Waals surface area contributed by atoms with Gasteiger partial charge in [-0.1, -0.05) is 5.21 Å². The van der Waals surface area contributed by atoms with E-state index >= 15 is 0 Å². The molecule has 0 unspecified atom stereocenters. The summed E-state index contributed by atoms with van der Waals surface area (Å²) in [6.45, 7) is 0. The predicted octanol–water partition coefficient (Wildman–Crippen LogP) is 1.40. The number of rotatable bonds is 2. The fourth-order valence-electron chi connectivity index (χ4n) is 1.02. The molecular weight excluding hydrogens is 188 g/mol. The van der Waals surface area contributed by atoms with Crippen molar-refractivity contribution in [2.75, 3.05) is 0 Å². The van der Waals surface area contributed by atoms with Gasteiger partial charge in [-0.2, -0.15) is 0 Å². The number of hydrogen-bond donors (Lipinski definition) is 0. The second-order valence-corrected chi connectivity index (χ2v) is 2.80. The van der Waals surface area contributed by atoms with E-state index in [1.54, 1.807) is 29.5 Å². The highest BCUT2D eigenvalue weighted by Gasteiger charge is 1.98. The van der Waals surface area contributed by atoms with Crippen LogP contribution in [0.25, 0.3) is 5.69 Å². The van der Waals surface area contributed by atoms with E-state index in [1.807, 2.05) is 6.07 Å². The molecule has 2 aromatic heterocycles. The van der Waals surface area contributed by atoms with E-state index in [1.165, 1.54) is 0 Å². The van der Waals surface area contributed by atoms with Crippen LogP contribution >= 0.6 is 11.6 Å². The van der Waals surface area contributed by atoms with Gasteiger partial charge in [0, 0.05) is 12.1 Å². The van der Waals surface area contributed by atoms with E-state index in [0.717, 1.165) is 11.3 Å². The zero-order valence-electron chi connectivity index (χ0n) is 6.76. The van der Waals surface area contributed by atoms with Gasteiger partial charge in [-0.3, -0.25) is 4.98 Å². The number of halogens is 1. The van der Waals surface area contributed by atoms with E-state index in [4.69, 9.17) is 11.6 Å². The molecule has 2 heterocycles. The molecule has 0 spiro atoms. The topological polar surface area (TPSA) is 43.6 Å². The third-order valence-electron chi connectivity index (χ3n) is 1.62. The van der Waals surface area contributed by atoms with Crippen LogP contribution in [0, 0.1) is 0 Å². The van der Waals surface area contributed by atoms with Gasteiger partial charge in [-0.15, -0.1) is 16.7 Å². The van der Waals surface area contributed by atoms with Crippen molar-refractivity contribution in [3.8, 4) is 5.69 Å². The van der Waals surface area contributed by atoms with Crippen molar-refractivity contribution in [3.05, 3.63) is 36.4 Å². The minimum Gasteiger partial charge on any atom is -0.262 e. The minimum absolute atomic E-state index is 0.454. The highest BCUT2D eigenvalue weighted by Crippen LogP contribution is 2.08. The first-order chi connectivity index (χ1) is 6.40. The van der Waals surface area contributed by atoms with Crippen LogP contribution in [0.3, 0.4) is 0 Å². The van der Waals surface area contributed by atoms with Crippen LogP contribution < -0.4 is 0 Å². The molecule has 13 heavy (non-hydrogen) atoms. The largest absolute Gasteiger partial charge is 0.262 e. The molecule has 0 saturated heterocycles. The van der Waals surface area contributed by atoms with Gasteiger partial charge in [-0.05, 0) is 11.6 Å². The molecule has 0 atom stereocenters. The van der Waals surface area contributed by atoms with Crippen molar-refractivity contribution >= 4 is 11.6 Å². The third-order valence-corrected chi connectivity index (χ3v) is 1.93. The van der Waals surface area contributed by atoms with E-state index in [9.17, 15) is 0 Å². The van der Waals surface area contributed by atoms with Crippen LogP contribution in [0.5, 0.6) is 0 Å². The predicted molar refractivity (Wildman–Crippen MR) is 48.7 cm³/mol. The van der Waals surface area contributed by atoms with E-state index in [-0.39, 0.29) is 0 Å². The molecule has 0 aliphatic rings. The van der Waals surface area contributed by atoms with Crippen LogP contribution in [-0.4, -0.2) is 20.0 Å². The Kier molecular flexibility index (Phi) is 2.23. The summed E-state index contributed by atoms with van der Waals surface area (Å²) in [7, 11) is 0. The quantitative estimate of drug-likeness (QED) is 0.679. The fraction of sp³-hybridized carbons (Fsp3) is 0.125. The van der Waals surface area contributed by atoms with Crippen LogP contribution in [0.15, 0.2) is 30.9 Å². The fourth-order valence-corrected chi connectivity index (χ4v) is 1.16. The Labute approximate surface area is 80.2 Å². The molecule has 0 aromatic carbocycles. The second kappa shape index (κ2) is 3.53. The van der Waals surface area contributed by atoms with Crippen LogP contribution in [0.2, 0.25) is 0 Å². The first-order valence-electron chi connectivity index (χ1n) is 3.77. The van der Waals surface area contributed by atoms with Gasteiger partial charge in [0.15, 0.2) is 0 Å². The van der Waals surface area contributed by atoms with Gasteiger partial charge in [0.1, 0.15) is 0 Å². The Balaban J connectivity index is 2.41. The number of alkyl halides is 1. The lowest BCUT2D eigenvalue weighted by Gasteiger charge is -2.00. The summed E-state index contributed by atoms with van der Waals surface area (Å²) in [6.07, 6.45) is 6.82. The van der Waals surface area contributed by atoms with E-state index < -0.39 is 0 Å². The Morgan fingerprint density at radius 1 is 1.38 bits per heavy atom. The lowest BCUT2D eigenvalue weighted by Crippen LogP contribution is -1.96. The molecular formula is C8H7ClN4. The lowest BCUT2D eigenvalue weighted by molar-refractivity contribution is 0.798. The lowest BCUT2D eigenvalue weighted by atomic mass is 10.3. The summed E-state index contributed by atoms with van der Waals surface area (Å²) < 4.78 is 1.64. The molecule has 4 nitrogen and oxygen atoms in total. The molecule has 2 aromatic rings. The maximum Gasteiger partial charge on any atom is 0.0849 e. The van der Waals surface area contributed by atoms with Gasteiger partial charge in [0.25, 0.3) is 0 Å². The first kappa shape index (κ1) is 8.19. The number of pyridine rings is 1. The smallest absolute Gasteiger partial charge is 0.0849 e. The maximum atomic E-state index is 5.67. The molecule has 2 rings (SSSR count). The molecule has 5 heteroatoms. The third kappa shape index (κ3) is 1.67. The van der Waals surface area contributed by atoms with Crippen molar-refractivity contribution in [2.24, 2.45) is 0 Å². The summed E-state index contributed by atoms with van der Waals surface area (Å²) in [5.74, 6) is 0.454. The monoisotopic (exact) mass is 194 g/mol. The zero-order valence-corrected chi connectivity index (χ0v) is 7.52. The molecule has 0 saturated carbocycles. The normalized spacial score (nSPS) is 10.2. The molecule has 66 valence electrons. The summed E-state index contributed by atoms with van der Waals surface area (Å²) in [6, 6.07) is 1.93. The number of aromatic nitrogens is 4. The number of hydrogen-bond acceptors (Lipinski definition) is 3. The van der Waals surface area contributed by atoms with Gasteiger partial charge >= 0.3 is 0 Å². The summed E-state index contributed by atoms with van der Waals surface area (Å²) >= 11 is 5.67. The summed E-state index contributed by atoms with van der Waals surface area (Å²) in [5, 5.41) is 7.55. The van der Waals surface area contributed by atoms with Crippen molar-refractivity contribution in [3.63, 3.8) is 0 Å². The highest BCUT2D eigenvalue weighted by atomic mass is 35.5. The van der Waals surface area contributed by atoms with Gasteiger partial charge < -0.3 is 0 Å². The van der Waals surface area contributed by atoms with Gasteiger partial charge in [0.05, 0.1) is 24.3 Å². The Hall–Kier alpha value is -1.42. The molecule has 0 fully saturated rings. The van der Waals surface area contributed by atoms with Gasteiger partial charge in [-0.25, -0.2) is 4.68 Å². The van der Waals surface area contributed by atoms with Crippen molar-refractivity contribution < 1.29 is 0 Å². The molecule has 0 amide bonds. The SMILES string of the molecule is ClCc1cncc(-n2ccnn2)c1. The maximum absolute atomic E-state index is 5.67. The number of nitrogens with zero attached hydrogens (tertiary/aromatic N) is 4. The van der Waals surface area contributed by atoms with Crippen LogP contribution in [0.4, 0.5) is 0 Å². The standard InChI is InChI=1S/C8H7ClN4/c9-4-7-3-8(6-10-5-7)13-2-1-11-12-13/h1-3,5-6H,4H2. The van der Waals surface area contributed by atoms with Crippen molar-refractivity contribution in [2.45, 2.75) is 5.88 Å². The molecule has 0 aliphatic carbocycles. The van der Waals surface area contributed by atoms with Crippen LogP contribution in [0.1, 0.15) is 5.56 Å². The zero-order chi connectivity index (χ0) is 9.10. The second-order valence-electron chi connectivity index (χ2n) is 2.53. The summed E-state index contributed by atoms with van der Waals surface area (Å²) in [5.41, 5.74) is 1.84. The average Bonchev–Trinajstić information content (AvgIpc) is 2.71. The minimum atomic E-state index is 0.454. The Morgan fingerprint density at radius 2 is 2.31 bits per heavy atom. The molecule has 0 radical (unpaired) electrons. The van der Waals surface area contributed by atoms with Crippen LogP contribution in [-0.2, 0) is 5.88 Å². The molecule has 0 bridgehead atoms. The average molecular weight is 195 g/mol. The van der Waals surface area contributed by atoms with E-state index in [2.05, 4.69) is 15.3 Å². The molecule has 0 N–H and O–H groups in total. The highest BCUT2D eigenvalue weighted by molar-refractivity contribution is 6.17. The Bertz CT molecular complexity index is 385. The molecule has 0 aliphatic heterocycles. The van der Waals surface area contributed by atoms with E-state index in [0.29, 0.717) is 5.88 Å².